The number of likely N-dealkylation sites (tertiary alicyclic amines) is 1. The van der Waals surface area contributed by atoms with Gasteiger partial charge in [0.15, 0.2) is 0 Å². The van der Waals surface area contributed by atoms with Crippen molar-refractivity contribution in [1.82, 2.24) is 14.7 Å². The van der Waals surface area contributed by atoms with Crippen LogP contribution in [0.15, 0.2) is 0 Å². The van der Waals surface area contributed by atoms with Gasteiger partial charge in [0.05, 0.1) is 0 Å². The number of piperazine rings is 1. The van der Waals surface area contributed by atoms with E-state index >= 15 is 0 Å². The molecule has 4 nitrogen and oxygen atoms in total. The SMILES string of the molecule is NC1CCN(CCN2CCN(C3CCCC3)CC2)CC1. The van der Waals surface area contributed by atoms with E-state index in [0.29, 0.717) is 6.04 Å². The summed E-state index contributed by atoms with van der Waals surface area (Å²) in [6, 6.07) is 1.38. The molecule has 3 rings (SSSR count). The van der Waals surface area contributed by atoms with Gasteiger partial charge in [0, 0.05) is 51.4 Å². The van der Waals surface area contributed by atoms with Crippen LogP contribution in [0.5, 0.6) is 0 Å². The van der Waals surface area contributed by atoms with Crippen LogP contribution in [0.25, 0.3) is 0 Å². The molecule has 0 bridgehead atoms. The Kier molecular flexibility index (Phi) is 5.32. The van der Waals surface area contributed by atoms with Gasteiger partial charge in [0.2, 0.25) is 0 Å². The summed E-state index contributed by atoms with van der Waals surface area (Å²) in [5.41, 5.74) is 5.97. The molecule has 116 valence electrons. The summed E-state index contributed by atoms with van der Waals surface area (Å²) in [5.74, 6) is 0. The molecule has 20 heavy (non-hydrogen) atoms. The molecule has 0 aromatic heterocycles. The lowest BCUT2D eigenvalue weighted by Gasteiger charge is -2.39. The van der Waals surface area contributed by atoms with E-state index in [4.69, 9.17) is 5.73 Å². The van der Waals surface area contributed by atoms with Crippen LogP contribution in [0, 0.1) is 0 Å². The van der Waals surface area contributed by atoms with E-state index in [-0.39, 0.29) is 0 Å². The molecule has 3 fully saturated rings. The van der Waals surface area contributed by atoms with E-state index in [0.717, 1.165) is 6.04 Å². The van der Waals surface area contributed by atoms with Crippen LogP contribution >= 0.6 is 0 Å². The number of rotatable bonds is 4. The summed E-state index contributed by atoms with van der Waals surface area (Å²) in [7, 11) is 0. The maximum Gasteiger partial charge on any atom is 0.0113 e. The van der Waals surface area contributed by atoms with Gasteiger partial charge in [-0.3, -0.25) is 9.80 Å². The Morgan fingerprint density at radius 1 is 0.700 bits per heavy atom. The first-order valence-electron chi connectivity index (χ1n) is 8.75. The first kappa shape index (κ1) is 14.8. The highest BCUT2D eigenvalue weighted by Gasteiger charge is 2.26. The minimum Gasteiger partial charge on any atom is -0.328 e. The Bertz CT molecular complexity index is 274. The van der Waals surface area contributed by atoms with Gasteiger partial charge in [-0.05, 0) is 38.8 Å². The molecule has 2 saturated heterocycles. The highest BCUT2D eigenvalue weighted by molar-refractivity contribution is 4.82. The van der Waals surface area contributed by atoms with Gasteiger partial charge >= 0.3 is 0 Å². The number of piperidine rings is 1. The maximum atomic E-state index is 5.97. The molecule has 1 saturated carbocycles. The molecular formula is C16H32N4. The van der Waals surface area contributed by atoms with Crippen molar-refractivity contribution in [2.24, 2.45) is 5.73 Å². The second kappa shape index (κ2) is 7.21. The van der Waals surface area contributed by atoms with Crippen molar-refractivity contribution in [3.05, 3.63) is 0 Å². The average molecular weight is 280 g/mol. The predicted octanol–water partition coefficient (Wildman–Crippen LogP) is 0.970. The normalized spacial score (nSPS) is 29.2. The van der Waals surface area contributed by atoms with Crippen LogP contribution in [0.1, 0.15) is 38.5 Å². The molecule has 2 aliphatic heterocycles. The molecule has 1 aliphatic carbocycles. The number of nitrogens with zero attached hydrogens (tertiary/aromatic N) is 3. The van der Waals surface area contributed by atoms with Crippen molar-refractivity contribution in [2.45, 2.75) is 50.6 Å². The lowest BCUT2D eigenvalue weighted by molar-refractivity contribution is 0.0863. The summed E-state index contributed by atoms with van der Waals surface area (Å²) in [5, 5.41) is 0. The lowest BCUT2D eigenvalue weighted by atomic mass is 10.1. The second-order valence-corrected chi connectivity index (χ2v) is 6.99. The molecule has 0 aromatic rings. The fourth-order valence-electron chi connectivity index (χ4n) is 4.08. The molecule has 3 aliphatic rings. The third-order valence-electron chi connectivity index (χ3n) is 5.61. The van der Waals surface area contributed by atoms with Crippen LogP contribution in [0.2, 0.25) is 0 Å². The van der Waals surface area contributed by atoms with E-state index in [9.17, 15) is 0 Å². The largest absolute Gasteiger partial charge is 0.328 e. The first-order chi connectivity index (χ1) is 9.81. The fraction of sp³-hybridized carbons (Fsp3) is 1.00. The predicted molar refractivity (Wildman–Crippen MR) is 83.9 cm³/mol. The van der Waals surface area contributed by atoms with E-state index in [1.807, 2.05) is 0 Å². The molecule has 2 N–H and O–H groups in total. The van der Waals surface area contributed by atoms with Crippen LogP contribution < -0.4 is 5.73 Å². The molecule has 4 heteroatoms. The number of nitrogens with two attached hydrogens (primary N) is 1. The Balaban J connectivity index is 1.32. The van der Waals surface area contributed by atoms with Crippen molar-refractivity contribution >= 4 is 0 Å². The molecular weight excluding hydrogens is 248 g/mol. The summed E-state index contributed by atoms with van der Waals surface area (Å²) >= 11 is 0. The summed E-state index contributed by atoms with van der Waals surface area (Å²) < 4.78 is 0. The maximum absolute atomic E-state index is 5.97. The Morgan fingerprint density at radius 3 is 1.85 bits per heavy atom. The minimum atomic E-state index is 0.459. The van der Waals surface area contributed by atoms with Crippen LogP contribution in [-0.2, 0) is 0 Å². The minimum absolute atomic E-state index is 0.459. The number of hydrogen-bond donors (Lipinski definition) is 1. The zero-order valence-electron chi connectivity index (χ0n) is 13.0. The summed E-state index contributed by atoms with van der Waals surface area (Å²) in [6.45, 7) is 10.1. The third-order valence-corrected chi connectivity index (χ3v) is 5.61. The van der Waals surface area contributed by atoms with Gasteiger partial charge < -0.3 is 10.6 Å². The monoisotopic (exact) mass is 280 g/mol. The van der Waals surface area contributed by atoms with E-state index < -0.39 is 0 Å². The quantitative estimate of drug-likeness (QED) is 0.832. The Hall–Kier alpha value is -0.160. The average Bonchev–Trinajstić information content (AvgIpc) is 3.01. The van der Waals surface area contributed by atoms with Crippen LogP contribution in [-0.4, -0.2) is 79.1 Å². The molecule has 2 heterocycles. The summed E-state index contributed by atoms with van der Waals surface area (Å²) in [6.07, 6.45) is 8.21. The first-order valence-corrected chi connectivity index (χ1v) is 8.75. The van der Waals surface area contributed by atoms with Gasteiger partial charge in [-0.25, -0.2) is 0 Å². The van der Waals surface area contributed by atoms with E-state index in [1.165, 1.54) is 90.9 Å². The molecule has 0 aromatic carbocycles. The molecule has 0 unspecified atom stereocenters. The Morgan fingerprint density at radius 2 is 1.25 bits per heavy atom. The summed E-state index contributed by atoms with van der Waals surface area (Å²) in [4.78, 5) is 8.02. The zero-order valence-corrected chi connectivity index (χ0v) is 13.0. The van der Waals surface area contributed by atoms with E-state index in [2.05, 4.69) is 14.7 Å². The lowest BCUT2D eigenvalue weighted by Crippen LogP contribution is -2.51. The Labute approximate surface area is 124 Å². The molecule has 0 spiro atoms. The fourth-order valence-corrected chi connectivity index (χ4v) is 4.08. The molecule has 0 radical (unpaired) electrons. The van der Waals surface area contributed by atoms with Crippen molar-refractivity contribution in [3.8, 4) is 0 Å². The van der Waals surface area contributed by atoms with Crippen molar-refractivity contribution in [2.75, 3.05) is 52.4 Å². The molecule has 0 atom stereocenters. The molecule has 0 amide bonds. The van der Waals surface area contributed by atoms with Crippen molar-refractivity contribution in [1.29, 1.82) is 0 Å². The number of hydrogen-bond acceptors (Lipinski definition) is 4. The van der Waals surface area contributed by atoms with E-state index in [1.54, 1.807) is 0 Å². The van der Waals surface area contributed by atoms with Gasteiger partial charge in [-0.1, -0.05) is 12.8 Å². The zero-order chi connectivity index (χ0) is 13.8. The van der Waals surface area contributed by atoms with Crippen LogP contribution in [0.3, 0.4) is 0 Å². The third kappa shape index (κ3) is 3.94. The topological polar surface area (TPSA) is 35.7 Å². The van der Waals surface area contributed by atoms with Gasteiger partial charge in [0.25, 0.3) is 0 Å². The van der Waals surface area contributed by atoms with Gasteiger partial charge in [0.1, 0.15) is 0 Å². The van der Waals surface area contributed by atoms with Crippen molar-refractivity contribution < 1.29 is 0 Å². The highest BCUT2D eigenvalue weighted by Crippen LogP contribution is 2.24. The highest BCUT2D eigenvalue weighted by atomic mass is 15.3. The second-order valence-electron chi connectivity index (χ2n) is 6.99. The standard InChI is InChI=1S/C16H32N4/c17-15-5-7-18(8-6-15)9-10-19-11-13-20(14-12-19)16-3-1-2-4-16/h15-16H,1-14,17H2. The van der Waals surface area contributed by atoms with Gasteiger partial charge in [-0.2, -0.15) is 0 Å². The van der Waals surface area contributed by atoms with Crippen LogP contribution in [0.4, 0.5) is 0 Å². The smallest absolute Gasteiger partial charge is 0.0113 e. The van der Waals surface area contributed by atoms with Gasteiger partial charge in [-0.15, -0.1) is 0 Å². The van der Waals surface area contributed by atoms with Crippen molar-refractivity contribution in [3.63, 3.8) is 0 Å².